The Labute approximate surface area is 97.4 Å². The van der Waals surface area contributed by atoms with Crippen LogP contribution in [0, 0.1) is 0 Å². The van der Waals surface area contributed by atoms with Crippen LogP contribution in [0.1, 0.15) is 18.4 Å². The predicted octanol–water partition coefficient (Wildman–Crippen LogP) is 2.08. The van der Waals surface area contributed by atoms with Gasteiger partial charge in [-0.3, -0.25) is 0 Å². The Hall–Kier alpha value is -1.27. The minimum absolute atomic E-state index is 0.194. The molecule has 0 amide bonds. The molecule has 2 aromatic rings. The standard InChI is InChI=1S/C10H13N3O2S/c1-16-5-3-8(11)10-12-9(13-15-10)7-2-4-14-6-7/h2,4,6,8H,3,5,11H2,1H3. The molecular formula is C10H13N3O2S. The van der Waals surface area contributed by atoms with E-state index in [1.807, 2.05) is 6.26 Å². The van der Waals surface area contributed by atoms with E-state index in [1.165, 1.54) is 0 Å². The molecule has 2 rings (SSSR count). The van der Waals surface area contributed by atoms with E-state index >= 15 is 0 Å². The van der Waals surface area contributed by atoms with Gasteiger partial charge in [0.1, 0.15) is 6.26 Å². The molecule has 0 aliphatic heterocycles. The molecule has 2 heterocycles. The predicted molar refractivity (Wildman–Crippen MR) is 61.9 cm³/mol. The van der Waals surface area contributed by atoms with Crippen LogP contribution >= 0.6 is 11.8 Å². The molecule has 0 aliphatic rings. The number of rotatable bonds is 5. The fourth-order valence-corrected chi connectivity index (χ4v) is 1.75. The van der Waals surface area contributed by atoms with E-state index in [9.17, 15) is 0 Å². The molecule has 0 bridgehead atoms. The summed E-state index contributed by atoms with van der Waals surface area (Å²) in [6.07, 6.45) is 6.01. The van der Waals surface area contributed by atoms with E-state index < -0.39 is 0 Å². The molecule has 0 spiro atoms. The summed E-state index contributed by atoms with van der Waals surface area (Å²) in [6, 6.07) is 1.59. The Morgan fingerprint density at radius 1 is 1.56 bits per heavy atom. The highest BCUT2D eigenvalue weighted by atomic mass is 32.2. The van der Waals surface area contributed by atoms with Crippen LogP contribution in [0.5, 0.6) is 0 Å². The number of nitrogens with two attached hydrogens (primary N) is 1. The summed E-state index contributed by atoms with van der Waals surface area (Å²) < 4.78 is 10.1. The number of nitrogens with zero attached hydrogens (tertiary/aromatic N) is 2. The molecular weight excluding hydrogens is 226 g/mol. The van der Waals surface area contributed by atoms with Crippen molar-refractivity contribution >= 4 is 11.8 Å². The lowest BCUT2D eigenvalue weighted by atomic mass is 10.2. The summed E-state index contributed by atoms with van der Waals surface area (Å²) in [5.74, 6) is 1.97. The van der Waals surface area contributed by atoms with Gasteiger partial charge in [-0.25, -0.2) is 0 Å². The topological polar surface area (TPSA) is 78.1 Å². The van der Waals surface area contributed by atoms with Crippen molar-refractivity contribution in [3.63, 3.8) is 0 Å². The Bertz CT molecular complexity index is 427. The largest absolute Gasteiger partial charge is 0.472 e. The van der Waals surface area contributed by atoms with Gasteiger partial charge >= 0.3 is 0 Å². The van der Waals surface area contributed by atoms with Crippen molar-refractivity contribution in [3.8, 4) is 11.4 Å². The van der Waals surface area contributed by atoms with Crippen molar-refractivity contribution < 1.29 is 8.94 Å². The van der Waals surface area contributed by atoms with E-state index in [1.54, 1.807) is 30.4 Å². The van der Waals surface area contributed by atoms with Gasteiger partial charge in [-0.2, -0.15) is 16.7 Å². The van der Waals surface area contributed by atoms with Crippen molar-refractivity contribution in [2.45, 2.75) is 12.5 Å². The summed E-state index contributed by atoms with van der Waals surface area (Å²) >= 11 is 1.74. The molecule has 2 aromatic heterocycles. The molecule has 0 radical (unpaired) electrons. The summed E-state index contributed by atoms with van der Waals surface area (Å²) in [5.41, 5.74) is 6.71. The Morgan fingerprint density at radius 2 is 2.44 bits per heavy atom. The van der Waals surface area contributed by atoms with Crippen LogP contribution in [0.3, 0.4) is 0 Å². The molecule has 1 unspecified atom stereocenters. The maximum absolute atomic E-state index is 5.91. The highest BCUT2D eigenvalue weighted by Gasteiger charge is 2.15. The third kappa shape index (κ3) is 2.45. The first kappa shape index (κ1) is 11.2. The van der Waals surface area contributed by atoms with Gasteiger partial charge in [-0.15, -0.1) is 0 Å². The molecule has 2 N–H and O–H groups in total. The average Bonchev–Trinajstić information content (AvgIpc) is 2.94. The van der Waals surface area contributed by atoms with Crippen LogP contribution in [0.15, 0.2) is 27.5 Å². The van der Waals surface area contributed by atoms with Gasteiger partial charge in [-0.05, 0) is 24.5 Å². The zero-order valence-corrected chi connectivity index (χ0v) is 9.74. The molecule has 5 nitrogen and oxygen atoms in total. The molecule has 6 heteroatoms. The van der Waals surface area contributed by atoms with Crippen LogP contribution in [-0.4, -0.2) is 22.1 Å². The van der Waals surface area contributed by atoms with Crippen LogP contribution in [0.4, 0.5) is 0 Å². The lowest BCUT2D eigenvalue weighted by molar-refractivity contribution is 0.353. The lowest BCUT2D eigenvalue weighted by Crippen LogP contribution is -2.11. The summed E-state index contributed by atoms with van der Waals surface area (Å²) in [6.45, 7) is 0. The summed E-state index contributed by atoms with van der Waals surface area (Å²) in [4.78, 5) is 4.23. The Balaban J connectivity index is 2.07. The van der Waals surface area contributed by atoms with Gasteiger partial charge in [0.05, 0.1) is 17.9 Å². The fourth-order valence-electron chi connectivity index (χ4n) is 1.26. The number of furan rings is 1. The molecule has 1 atom stereocenters. The highest BCUT2D eigenvalue weighted by molar-refractivity contribution is 7.98. The molecule has 0 fully saturated rings. The quantitative estimate of drug-likeness (QED) is 0.860. The normalized spacial score (nSPS) is 12.9. The van der Waals surface area contributed by atoms with E-state index in [0.717, 1.165) is 17.7 Å². The van der Waals surface area contributed by atoms with Gasteiger partial charge in [0.15, 0.2) is 0 Å². The van der Waals surface area contributed by atoms with Gasteiger partial charge < -0.3 is 14.7 Å². The minimum atomic E-state index is -0.194. The molecule has 0 aromatic carbocycles. The zero-order chi connectivity index (χ0) is 11.4. The smallest absolute Gasteiger partial charge is 0.243 e. The van der Waals surface area contributed by atoms with Crippen LogP contribution < -0.4 is 5.73 Å². The van der Waals surface area contributed by atoms with Gasteiger partial charge in [0, 0.05) is 0 Å². The maximum atomic E-state index is 5.91. The SMILES string of the molecule is CSCCC(N)c1nc(-c2ccoc2)no1. The highest BCUT2D eigenvalue weighted by Crippen LogP contribution is 2.20. The van der Waals surface area contributed by atoms with Crippen molar-refractivity contribution in [1.29, 1.82) is 0 Å². The average molecular weight is 239 g/mol. The molecule has 16 heavy (non-hydrogen) atoms. The molecule has 0 saturated carbocycles. The van der Waals surface area contributed by atoms with Gasteiger partial charge in [0.2, 0.25) is 11.7 Å². The fraction of sp³-hybridized carbons (Fsp3) is 0.400. The maximum Gasteiger partial charge on any atom is 0.243 e. The van der Waals surface area contributed by atoms with Crippen molar-refractivity contribution in [2.24, 2.45) is 5.73 Å². The summed E-state index contributed by atoms with van der Waals surface area (Å²) in [5, 5.41) is 3.85. The van der Waals surface area contributed by atoms with E-state index in [0.29, 0.717) is 11.7 Å². The number of hydrogen-bond acceptors (Lipinski definition) is 6. The van der Waals surface area contributed by atoms with Gasteiger partial charge in [-0.1, -0.05) is 5.16 Å². The first-order chi connectivity index (χ1) is 7.81. The third-order valence-corrected chi connectivity index (χ3v) is 2.82. The van der Waals surface area contributed by atoms with E-state index in [2.05, 4.69) is 10.1 Å². The molecule has 86 valence electrons. The van der Waals surface area contributed by atoms with Gasteiger partial charge in [0.25, 0.3) is 0 Å². The van der Waals surface area contributed by atoms with Crippen LogP contribution in [-0.2, 0) is 0 Å². The minimum Gasteiger partial charge on any atom is -0.472 e. The monoisotopic (exact) mass is 239 g/mol. The third-order valence-electron chi connectivity index (χ3n) is 2.17. The molecule has 0 aliphatic carbocycles. The van der Waals surface area contributed by atoms with Crippen molar-refractivity contribution in [3.05, 3.63) is 24.5 Å². The van der Waals surface area contributed by atoms with Crippen LogP contribution in [0.2, 0.25) is 0 Å². The lowest BCUT2D eigenvalue weighted by Gasteiger charge is -2.03. The van der Waals surface area contributed by atoms with Crippen molar-refractivity contribution in [1.82, 2.24) is 10.1 Å². The second-order valence-electron chi connectivity index (χ2n) is 3.36. The van der Waals surface area contributed by atoms with Crippen LogP contribution in [0.25, 0.3) is 11.4 Å². The van der Waals surface area contributed by atoms with E-state index in [-0.39, 0.29) is 6.04 Å². The second kappa shape index (κ2) is 5.18. The first-order valence-corrected chi connectivity index (χ1v) is 6.31. The molecule has 0 saturated heterocycles. The second-order valence-corrected chi connectivity index (χ2v) is 4.34. The first-order valence-electron chi connectivity index (χ1n) is 4.92. The Kier molecular flexibility index (Phi) is 3.63. The van der Waals surface area contributed by atoms with E-state index in [4.69, 9.17) is 14.7 Å². The summed E-state index contributed by atoms with van der Waals surface area (Å²) in [7, 11) is 0. The van der Waals surface area contributed by atoms with Crippen molar-refractivity contribution in [2.75, 3.05) is 12.0 Å². The number of hydrogen-bond donors (Lipinski definition) is 1. The Morgan fingerprint density at radius 3 is 3.12 bits per heavy atom. The number of thioether (sulfide) groups is 1. The number of aromatic nitrogens is 2. The zero-order valence-electron chi connectivity index (χ0n) is 8.92.